The molecule has 1 aliphatic heterocycles. The van der Waals surface area contributed by atoms with Gasteiger partial charge in [0.2, 0.25) is 11.9 Å². The van der Waals surface area contributed by atoms with Crippen molar-refractivity contribution in [1.82, 2.24) is 20.3 Å². The van der Waals surface area contributed by atoms with E-state index >= 15 is 0 Å². The number of benzene rings is 1. The van der Waals surface area contributed by atoms with Crippen LogP contribution in [0.2, 0.25) is 0 Å². The molecule has 8 heteroatoms. The van der Waals surface area contributed by atoms with Gasteiger partial charge in [-0.1, -0.05) is 30.3 Å². The summed E-state index contributed by atoms with van der Waals surface area (Å²) >= 11 is 0. The number of carbonyl (C=O) groups is 1. The summed E-state index contributed by atoms with van der Waals surface area (Å²) in [7, 11) is 1.50. The number of amides is 1. The van der Waals surface area contributed by atoms with Gasteiger partial charge in [-0.3, -0.25) is 4.79 Å². The molecule has 0 atom stereocenters. The van der Waals surface area contributed by atoms with Crippen LogP contribution in [0.1, 0.15) is 11.4 Å². The van der Waals surface area contributed by atoms with E-state index in [2.05, 4.69) is 20.3 Å². The molecule has 0 spiro atoms. The Morgan fingerprint density at radius 1 is 1.23 bits per heavy atom. The van der Waals surface area contributed by atoms with Crippen molar-refractivity contribution >= 4 is 17.9 Å². The van der Waals surface area contributed by atoms with Gasteiger partial charge in [0.1, 0.15) is 0 Å². The van der Waals surface area contributed by atoms with Crippen molar-refractivity contribution in [3.05, 3.63) is 47.8 Å². The minimum atomic E-state index is -0.221. The summed E-state index contributed by atoms with van der Waals surface area (Å²) in [5, 5.41) is 2.77. The van der Waals surface area contributed by atoms with Crippen LogP contribution in [0.25, 0.3) is 6.08 Å². The fraction of sp³-hybridized carbons (Fsp3) is 0.333. The molecule has 1 saturated heterocycles. The predicted molar refractivity (Wildman–Crippen MR) is 96.7 cm³/mol. The average molecular weight is 355 g/mol. The summed E-state index contributed by atoms with van der Waals surface area (Å²) in [6.45, 7) is 2.86. The van der Waals surface area contributed by atoms with Crippen molar-refractivity contribution in [2.24, 2.45) is 0 Å². The number of rotatable bonds is 6. The number of hydrogen-bond donors (Lipinski definition) is 1. The van der Waals surface area contributed by atoms with Crippen molar-refractivity contribution in [2.45, 2.75) is 6.54 Å². The Hall–Kier alpha value is -3.00. The quantitative estimate of drug-likeness (QED) is 0.775. The first-order valence-corrected chi connectivity index (χ1v) is 8.37. The highest BCUT2D eigenvalue weighted by molar-refractivity contribution is 5.91. The number of morpholine rings is 1. The van der Waals surface area contributed by atoms with Gasteiger partial charge in [-0.25, -0.2) is 0 Å². The molecule has 1 N–H and O–H groups in total. The molecule has 0 aliphatic carbocycles. The van der Waals surface area contributed by atoms with E-state index in [0.29, 0.717) is 38.1 Å². The van der Waals surface area contributed by atoms with Gasteiger partial charge in [0.25, 0.3) is 0 Å². The Morgan fingerprint density at radius 3 is 2.73 bits per heavy atom. The number of anilines is 1. The number of hydrogen-bond acceptors (Lipinski definition) is 7. The lowest BCUT2D eigenvalue weighted by Crippen LogP contribution is -2.37. The van der Waals surface area contributed by atoms with Crippen molar-refractivity contribution in [1.29, 1.82) is 0 Å². The largest absolute Gasteiger partial charge is 0.467 e. The third kappa shape index (κ3) is 5.00. The highest BCUT2D eigenvalue weighted by Crippen LogP contribution is 2.13. The lowest BCUT2D eigenvalue weighted by molar-refractivity contribution is -0.116. The zero-order chi connectivity index (χ0) is 18.2. The Kier molecular flexibility index (Phi) is 6.10. The monoisotopic (exact) mass is 355 g/mol. The minimum Gasteiger partial charge on any atom is -0.467 e. The Balaban J connectivity index is 1.63. The maximum atomic E-state index is 12.0. The SMILES string of the molecule is COc1nc(CNC(=O)/C=C/c2ccccc2)nc(N2CCOCC2)n1. The normalized spacial score (nSPS) is 14.4. The Bertz CT molecular complexity index is 761. The number of ether oxygens (including phenoxy) is 2. The lowest BCUT2D eigenvalue weighted by Gasteiger charge is -2.26. The predicted octanol–water partition coefficient (Wildman–Crippen LogP) is 1.05. The average Bonchev–Trinajstić information content (AvgIpc) is 2.72. The van der Waals surface area contributed by atoms with Crippen LogP contribution in [0.3, 0.4) is 0 Å². The maximum absolute atomic E-state index is 12.0. The zero-order valence-corrected chi connectivity index (χ0v) is 14.6. The van der Waals surface area contributed by atoms with Crippen LogP contribution in [0, 0.1) is 0 Å². The number of carbonyl (C=O) groups excluding carboxylic acids is 1. The fourth-order valence-corrected chi connectivity index (χ4v) is 2.42. The molecule has 26 heavy (non-hydrogen) atoms. The molecular weight excluding hydrogens is 334 g/mol. The Morgan fingerprint density at radius 2 is 2.00 bits per heavy atom. The lowest BCUT2D eigenvalue weighted by atomic mass is 10.2. The summed E-state index contributed by atoms with van der Waals surface area (Å²) in [5.41, 5.74) is 0.957. The van der Waals surface area contributed by atoms with Crippen LogP contribution in [-0.4, -0.2) is 54.3 Å². The van der Waals surface area contributed by atoms with Crippen LogP contribution in [0.5, 0.6) is 6.01 Å². The van der Waals surface area contributed by atoms with E-state index < -0.39 is 0 Å². The molecule has 0 saturated carbocycles. The second-order valence-corrected chi connectivity index (χ2v) is 5.60. The van der Waals surface area contributed by atoms with Crippen LogP contribution >= 0.6 is 0 Å². The first-order chi connectivity index (χ1) is 12.7. The molecule has 1 aliphatic rings. The Labute approximate surface area is 151 Å². The van der Waals surface area contributed by atoms with Crippen LogP contribution in [0.4, 0.5) is 5.95 Å². The van der Waals surface area contributed by atoms with E-state index in [9.17, 15) is 4.79 Å². The van der Waals surface area contributed by atoms with Crippen molar-refractivity contribution in [3.63, 3.8) is 0 Å². The summed E-state index contributed by atoms with van der Waals surface area (Å²) in [5.74, 6) is 0.755. The highest BCUT2D eigenvalue weighted by Gasteiger charge is 2.16. The molecule has 8 nitrogen and oxygen atoms in total. The first-order valence-electron chi connectivity index (χ1n) is 8.37. The number of nitrogens with zero attached hydrogens (tertiary/aromatic N) is 4. The molecule has 0 bridgehead atoms. The molecule has 2 aromatic rings. The zero-order valence-electron chi connectivity index (χ0n) is 14.6. The number of methoxy groups -OCH3 is 1. The summed E-state index contributed by atoms with van der Waals surface area (Å²) in [6, 6.07) is 9.84. The standard InChI is InChI=1S/C18H21N5O3/c1-25-18-21-15(20-17(22-18)23-9-11-26-12-10-23)13-19-16(24)8-7-14-5-3-2-4-6-14/h2-8H,9-13H2,1H3,(H,19,24)/b8-7+. The molecule has 136 valence electrons. The van der Waals surface area contributed by atoms with Crippen LogP contribution in [0.15, 0.2) is 36.4 Å². The third-order valence-electron chi connectivity index (χ3n) is 3.77. The highest BCUT2D eigenvalue weighted by atomic mass is 16.5. The number of nitrogens with one attached hydrogen (secondary N) is 1. The van der Waals surface area contributed by atoms with E-state index in [-0.39, 0.29) is 18.5 Å². The van der Waals surface area contributed by atoms with Gasteiger partial charge < -0.3 is 19.7 Å². The van der Waals surface area contributed by atoms with Gasteiger partial charge in [-0.2, -0.15) is 15.0 Å². The molecule has 0 unspecified atom stereocenters. The molecular formula is C18H21N5O3. The molecule has 1 fully saturated rings. The maximum Gasteiger partial charge on any atom is 0.321 e. The molecule has 3 rings (SSSR count). The molecule has 0 radical (unpaired) electrons. The third-order valence-corrected chi connectivity index (χ3v) is 3.77. The molecule has 1 amide bonds. The van der Waals surface area contributed by atoms with E-state index in [0.717, 1.165) is 5.56 Å². The molecule has 1 aromatic carbocycles. The number of aromatic nitrogens is 3. The van der Waals surface area contributed by atoms with Gasteiger partial charge in [-0.15, -0.1) is 0 Å². The van der Waals surface area contributed by atoms with Gasteiger partial charge in [-0.05, 0) is 11.6 Å². The van der Waals surface area contributed by atoms with E-state index in [1.54, 1.807) is 6.08 Å². The van der Waals surface area contributed by atoms with E-state index in [4.69, 9.17) is 9.47 Å². The van der Waals surface area contributed by atoms with E-state index in [1.165, 1.54) is 13.2 Å². The fourth-order valence-electron chi connectivity index (χ4n) is 2.42. The summed E-state index contributed by atoms with van der Waals surface area (Å²) in [4.78, 5) is 26.9. The van der Waals surface area contributed by atoms with Gasteiger partial charge in [0.05, 0.1) is 26.9 Å². The summed E-state index contributed by atoms with van der Waals surface area (Å²) in [6.07, 6.45) is 3.24. The van der Waals surface area contributed by atoms with Crippen LogP contribution < -0.4 is 15.0 Å². The summed E-state index contributed by atoms with van der Waals surface area (Å²) < 4.78 is 10.5. The smallest absolute Gasteiger partial charge is 0.321 e. The molecule has 2 heterocycles. The topological polar surface area (TPSA) is 89.5 Å². The van der Waals surface area contributed by atoms with Gasteiger partial charge in [0.15, 0.2) is 5.82 Å². The second kappa shape index (κ2) is 8.91. The molecule has 1 aromatic heterocycles. The van der Waals surface area contributed by atoms with Crippen molar-refractivity contribution in [3.8, 4) is 6.01 Å². The van der Waals surface area contributed by atoms with Gasteiger partial charge in [0, 0.05) is 19.2 Å². The van der Waals surface area contributed by atoms with Crippen molar-refractivity contribution in [2.75, 3.05) is 38.3 Å². The van der Waals surface area contributed by atoms with Crippen LogP contribution in [-0.2, 0) is 16.1 Å². The van der Waals surface area contributed by atoms with Gasteiger partial charge >= 0.3 is 6.01 Å². The first kappa shape index (κ1) is 17.8. The van der Waals surface area contributed by atoms with E-state index in [1.807, 2.05) is 35.2 Å². The second-order valence-electron chi connectivity index (χ2n) is 5.60. The van der Waals surface area contributed by atoms with Crippen molar-refractivity contribution < 1.29 is 14.3 Å². The minimum absolute atomic E-state index is 0.189.